The molecule has 8 heteroatoms. The van der Waals surface area contributed by atoms with Crippen LogP contribution in [0.25, 0.3) is 0 Å². The molecule has 0 aliphatic heterocycles. The summed E-state index contributed by atoms with van der Waals surface area (Å²) in [6.45, 7) is 0. The summed E-state index contributed by atoms with van der Waals surface area (Å²) < 4.78 is 29.8. The summed E-state index contributed by atoms with van der Waals surface area (Å²) in [6, 6.07) is 4.61. The van der Waals surface area contributed by atoms with E-state index >= 15 is 0 Å². The van der Waals surface area contributed by atoms with Gasteiger partial charge in [0.1, 0.15) is 23.5 Å². The maximum atomic E-state index is 12.1. The molecule has 0 saturated heterocycles. The minimum Gasteiger partial charge on any atom is -0.364 e. The van der Waals surface area contributed by atoms with Crippen LogP contribution >= 0.6 is 11.6 Å². The highest BCUT2D eigenvalue weighted by Crippen LogP contribution is 2.17. The van der Waals surface area contributed by atoms with Crippen LogP contribution in [0.15, 0.2) is 35.2 Å². The number of sulfonamides is 1. The van der Waals surface area contributed by atoms with E-state index in [9.17, 15) is 8.42 Å². The predicted octanol–water partition coefficient (Wildman–Crippen LogP) is 1.69. The summed E-state index contributed by atoms with van der Waals surface area (Å²) >= 11 is 5.69. The Kier molecular flexibility index (Phi) is 3.53. The average Bonchev–Trinajstić information content (AvgIpc) is 2.81. The van der Waals surface area contributed by atoms with E-state index in [1.165, 1.54) is 31.6 Å². The lowest BCUT2D eigenvalue weighted by molar-refractivity contribution is 0.413. The second kappa shape index (κ2) is 4.95. The number of rotatable bonds is 4. The first-order valence-electron chi connectivity index (χ1n) is 4.96. The van der Waals surface area contributed by atoms with E-state index in [0.717, 1.165) is 4.31 Å². The molecule has 18 heavy (non-hydrogen) atoms. The Morgan fingerprint density at radius 3 is 2.72 bits per heavy atom. The van der Waals surface area contributed by atoms with Gasteiger partial charge in [0.05, 0.1) is 5.02 Å². The Hall–Kier alpha value is -1.60. The molecule has 2 rings (SSSR count). The van der Waals surface area contributed by atoms with E-state index in [-0.39, 0.29) is 5.75 Å². The SMILES string of the molecule is CN(c1ccc(Cl)cn1)S(=O)(=O)Cc1ccon1. The Morgan fingerprint density at radius 2 is 2.17 bits per heavy atom. The van der Waals surface area contributed by atoms with Gasteiger partial charge in [-0.05, 0) is 12.1 Å². The van der Waals surface area contributed by atoms with Gasteiger partial charge in [-0.25, -0.2) is 13.4 Å². The molecule has 0 N–H and O–H groups in total. The fourth-order valence-electron chi connectivity index (χ4n) is 1.29. The normalized spacial score (nSPS) is 11.4. The number of pyridine rings is 1. The van der Waals surface area contributed by atoms with Crippen LogP contribution in [0, 0.1) is 0 Å². The molecule has 0 aliphatic rings. The minimum atomic E-state index is -3.54. The van der Waals surface area contributed by atoms with Crippen LogP contribution in [0.1, 0.15) is 5.69 Å². The molecule has 0 atom stereocenters. The lowest BCUT2D eigenvalue weighted by Crippen LogP contribution is -2.28. The van der Waals surface area contributed by atoms with Gasteiger partial charge in [-0.3, -0.25) is 4.31 Å². The first-order valence-corrected chi connectivity index (χ1v) is 6.95. The molecule has 0 spiro atoms. The number of hydrogen-bond acceptors (Lipinski definition) is 5. The Labute approximate surface area is 109 Å². The summed E-state index contributed by atoms with van der Waals surface area (Å²) in [5.41, 5.74) is 0.343. The van der Waals surface area contributed by atoms with Crippen molar-refractivity contribution in [2.75, 3.05) is 11.4 Å². The molecule has 0 unspecified atom stereocenters. The van der Waals surface area contributed by atoms with Crippen LogP contribution in [-0.4, -0.2) is 25.6 Å². The van der Waals surface area contributed by atoms with E-state index in [1.807, 2.05) is 0 Å². The molecular weight excluding hydrogens is 278 g/mol. The van der Waals surface area contributed by atoms with Crippen molar-refractivity contribution < 1.29 is 12.9 Å². The molecule has 0 radical (unpaired) electrons. The van der Waals surface area contributed by atoms with Crippen LogP contribution in [0.5, 0.6) is 0 Å². The first-order chi connectivity index (χ1) is 8.49. The van der Waals surface area contributed by atoms with E-state index < -0.39 is 10.0 Å². The number of nitrogens with zero attached hydrogens (tertiary/aromatic N) is 3. The van der Waals surface area contributed by atoms with Gasteiger partial charge in [-0.2, -0.15) is 0 Å². The number of aromatic nitrogens is 2. The van der Waals surface area contributed by atoms with E-state index in [1.54, 1.807) is 6.07 Å². The van der Waals surface area contributed by atoms with Crippen molar-refractivity contribution in [1.29, 1.82) is 0 Å². The molecular formula is C10H10ClN3O3S. The summed E-state index contributed by atoms with van der Waals surface area (Å²) in [5, 5.41) is 4.01. The quantitative estimate of drug-likeness (QED) is 0.855. The zero-order valence-corrected chi connectivity index (χ0v) is 11.0. The van der Waals surface area contributed by atoms with Crippen molar-refractivity contribution in [3.63, 3.8) is 0 Å². The Bertz CT molecular complexity index is 610. The number of halogens is 1. The van der Waals surface area contributed by atoms with Gasteiger partial charge < -0.3 is 4.52 Å². The lowest BCUT2D eigenvalue weighted by Gasteiger charge is -2.17. The fraction of sp³-hybridized carbons (Fsp3) is 0.200. The van der Waals surface area contributed by atoms with Gasteiger partial charge in [0.15, 0.2) is 0 Å². The molecule has 0 fully saturated rings. The number of anilines is 1. The fourth-order valence-corrected chi connectivity index (χ4v) is 2.51. The van der Waals surface area contributed by atoms with Crippen LogP contribution in [0.3, 0.4) is 0 Å². The van der Waals surface area contributed by atoms with Crippen molar-refractivity contribution in [1.82, 2.24) is 10.1 Å². The van der Waals surface area contributed by atoms with Crippen molar-refractivity contribution in [3.8, 4) is 0 Å². The molecule has 96 valence electrons. The van der Waals surface area contributed by atoms with E-state index in [0.29, 0.717) is 16.5 Å². The second-order valence-electron chi connectivity index (χ2n) is 3.55. The maximum Gasteiger partial charge on any atom is 0.241 e. The molecule has 0 saturated carbocycles. The average molecular weight is 288 g/mol. The summed E-state index contributed by atoms with van der Waals surface area (Å²) in [5.74, 6) is 0.0486. The predicted molar refractivity (Wildman–Crippen MR) is 66.8 cm³/mol. The van der Waals surface area contributed by atoms with Crippen LogP contribution in [0.4, 0.5) is 5.82 Å². The Morgan fingerprint density at radius 1 is 1.39 bits per heavy atom. The molecule has 2 aromatic rings. The zero-order valence-electron chi connectivity index (χ0n) is 9.45. The first kappa shape index (κ1) is 12.8. The highest BCUT2D eigenvalue weighted by molar-refractivity contribution is 7.92. The van der Waals surface area contributed by atoms with Crippen molar-refractivity contribution >= 4 is 27.4 Å². The highest BCUT2D eigenvalue weighted by atomic mass is 35.5. The molecule has 2 heterocycles. The molecule has 2 aromatic heterocycles. The van der Waals surface area contributed by atoms with E-state index in [2.05, 4.69) is 14.7 Å². The molecule has 0 bridgehead atoms. The minimum absolute atomic E-state index is 0.246. The molecule has 0 amide bonds. The maximum absolute atomic E-state index is 12.1. The van der Waals surface area contributed by atoms with Crippen LogP contribution in [-0.2, 0) is 15.8 Å². The van der Waals surface area contributed by atoms with Crippen molar-refractivity contribution in [3.05, 3.63) is 41.4 Å². The summed E-state index contributed by atoms with van der Waals surface area (Å²) in [6.07, 6.45) is 2.71. The van der Waals surface area contributed by atoms with Gasteiger partial charge in [0, 0.05) is 19.3 Å². The third kappa shape index (κ3) is 2.80. The van der Waals surface area contributed by atoms with E-state index in [4.69, 9.17) is 11.6 Å². The number of hydrogen-bond donors (Lipinski definition) is 0. The van der Waals surface area contributed by atoms with Gasteiger partial charge in [-0.1, -0.05) is 16.8 Å². The topological polar surface area (TPSA) is 76.3 Å². The zero-order chi connectivity index (χ0) is 13.2. The smallest absolute Gasteiger partial charge is 0.241 e. The Balaban J connectivity index is 2.22. The second-order valence-corrected chi connectivity index (χ2v) is 5.99. The van der Waals surface area contributed by atoms with Gasteiger partial charge in [0.25, 0.3) is 0 Å². The molecule has 0 aliphatic carbocycles. The standard InChI is InChI=1S/C10H10ClN3O3S/c1-14(10-3-2-8(11)6-12-10)18(15,16)7-9-4-5-17-13-9/h2-6H,7H2,1H3. The van der Waals surface area contributed by atoms with Gasteiger partial charge in [0.2, 0.25) is 10.0 Å². The summed E-state index contributed by atoms with van der Waals surface area (Å²) in [7, 11) is -2.12. The third-order valence-corrected chi connectivity index (χ3v) is 4.18. The largest absolute Gasteiger partial charge is 0.364 e. The third-order valence-electron chi connectivity index (χ3n) is 2.27. The van der Waals surface area contributed by atoms with Gasteiger partial charge in [-0.15, -0.1) is 0 Å². The highest BCUT2D eigenvalue weighted by Gasteiger charge is 2.21. The van der Waals surface area contributed by atoms with Crippen LogP contribution in [0.2, 0.25) is 5.02 Å². The van der Waals surface area contributed by atoms with Gasteiger partial charge >= 0.3 is 0 Å². The lowest BCUT2D eigenvalue weighted by atomic mass is 10.5. The van der Waals surface area contributed by atoms with Crippen LogP contribution < -0.4 is 4.31 Å². The molecule has 0 aromatic carbocycles. The summed E-state index contributed by atoms with van der Waals surface area (Å²) in [4.78, 5) is 3.94. The van der Waals surface area contributed by atoms with Crippen molar-refractivity contribution in [2.24, 2.45) is 0 Å². The monoisotopic (exact) mass is 287 g/mol. The molecule has 6 nitrogen and oxygen atoms in total. The van der Waals surface area contributed by atoms with Crippen molar-refractivity contribution in [2.45, 2.75) is 5.75 Å².